The first-order valence-electron chi connectivity index (χ1n) is 7.39. The summed E-state index contributed by atoms with van der Waals surface area (Å²) >= 11 is 6.24. The molecule has 25 heavy (non-hydrogen) atoms. The highest BCUT2D eigenvalue weighted by atomic mass is 79.9. The van der Waals surface area contributed by atoms with E-state index in [0.29, 0.717) is 14.6 Å². The van der Waals surface area contributed by atoms with Crippen LogP contribution in [0.2, 0.25) is 0 Å². The summed E-state index contributed by atoms with van der Waals surface area (Å²) < 4.78 is 26.3. The summed E-state index contributed by atoms with van der Waals surface area (Å²) in [7, 11) is 0. The number of benzene rings is 3. The Kier molecular flexibility index (Phi) is 7.40. The van der Waals surface area contributed by atoms with Crippen LogP contribution < -0.4 is 11.1 Å². The minimum Gasteiger partial charge on any atom is -0.398 e. The third-order valence-electron chi connectivity index (χ3n) is 3.22. The van der Waals surface area contributed by atoms with E-state index in [9.17, 15) is 8.78 Å². The second kappa shape index (κ2) is 9.53. The van der Waals surface area contributed by atoms with E-state index in [1.54, 1.807) is 12.1 Å². The topological polar surface area (TPSA) is 38.0 Å². The van der Waals surface area contributed by atoms with Gasteiger partial charge < -0.3 is 11.1 Å². The Bertz CT molecular complexity index is 827. The summed E-state index contributed by atoms with van der Waals surface area (Å²) in [6.07, 6.45) is 0. The van der Waals surface area contributed by atoms with E-state index in [-0.39, 0.29) is 11.6 Å². The van der Waals surface area contributed by atoms with Crippen molar-refractivity contribution in [2.24, 2.45) is 0 Å². The minimum atomic E-state index is -0.281. The lowest BCUT2D eigenvalue weighted by atomic mass is 10.2. The van der Waals surface area contributed by atoms with Gasteiger partial charge in [-0.2, -0.15) is 0 Å². The Labute approximate surface area is 162 Å². The number of nitrogen functional groups attached to an aromatic ring is 1. The molecule has 0 aliphatic rings. The van der Waals surface area contributed by atoms with Crippen LogP contribution in [0.25, 0.3) is 0 Å². The van der Waals surface area contributed by atoms with Gasteiger partial charge in [-0.05, 0) is 73.8 Å². The number of nitrogens with two attached hydrogens (primary N) is 1. The second-order valence-electron chi connectivity index (χ2n) is 5.13. The predicted molar refractivity (Wildman–Crippen MR) is 106 cm³/mol. The largest absolute Gasteiger partial charge is 0.398 e. The zero-order valence-electron chi connectivity index (χ0n) is 13.1. The molecular weight excluding hydrogens is 454 g/mol. The Morgan fingerprint density at radius 1 is 0.840 bits per heavy atom. The quantitative estimate of drug-likeness (QED) is 0.437. The molecule has 0 saturated heterocycles. The van der Waals surface area contributed by atoms with E-state index in [4.69, 9.17) is 5.73 Å². The third-order valence-corrected chi connectivity index (χ3v) is 4.52. The van der Waals surface area contributed by atoms with Crippen molar-refractivity contribution in [1.29, 1.82) is 0 Å². The lowest BCUT2D eigenvalue weighted by Gasteiger charge is -2.07. The van der Waals surface area contributed by atoms with Gasteiger partial charge in [-0.1, -0.05) is 30.3 Å². The first-order valence-corrected chi connectivity index (χ1v) is 8.97. The molecule has 6 heteroatoms. The molecule has 0 saturated carbocycles. The fourth-order valence-corrected chi connectivity index (χ4v) is 2.64. The van der Waals surface area contributed by atoms with E-state index < -0.39 is 0 Å². The van der Waals surface area contributed by atoms with Crippen LogP contribution in [0.4, 0.5) is 20.2 Å². The first kappa shape index (κ1) is 19.4. The van der Waals surface area contributed by atoms with Crippen LogP contribution in [0.3, 0.4) is 0 Å². The van der Waals surface area contributed by atoms with Crippen molar-refractivity contribution in [2.45, 2.75) is 6.54 Å². The summed E-state index contributed by atoms with van der Waals surface area (Å²) in [5.74, 6) is -0.527. The van der Waals surface area contributed by atoms with E-state index in [1.807, 2.05) is 30.3 Å². The SMILES string of the molecule is Fc1ccc(NCc2ccccc2)cc1Br.Nc1ccc(F)cc1Br. The number of anilines is 2. The normalized spacial score (nSPS) is 9.92. The van der Waals surface area contributed by atoms with Crippen LogP contribution in [0.5, 0.6) is 0 Å². The van der Waals surface area contributed by atoms with Gasteiger partial charge in [-0.25, -0.2) is 8.78 Å². The molecular formula is C19H16Br2F2N2. The smallest absolute Gasteiger partial charge is 0.137 e. The molecule has 3 aromatic rings. The van der Waals surface area contributed by atoms with Crippen molar-refractivity contribution in [2.75, 3.05) is 11.1 Å². The number of rotatable bonds is 3. The lowest BCUT2D eigenvalue weighted by Crippen LogP contribution is -1.99. The minimum absolute atomic E-state index is 0.245. The Hall–Kier alpha value is -1.92. The average Bonchev–Trinajstić information content (AvgIpc) is 2.61. The van der Waals surface area contributed by atoms with Gasteiger partial charge in [-0.3, -0.25) is 0 Å². The van der Waals surface area contributed by atoms with Crippen LogP contribution in [0, 0.1) is 11.6 Å². The molecule has 0 unspecified atom stereocenters. The highest BCUT2D eigenvalue weighted by Crippen LogP contribution is 2.20. The van der Waals surface area contributed by atoms with Gasteiger partial charge in [0.1, 0.15) is 11.6 Å². The third kappa shape index (κ3) is 6.48. The van der Waals surface area contributed by atoms with Crippen molar-refractivity contribution in [3.8, 4) is 0 Å². The Morgan fingerprint density at radius 3 is 2.16 bits per heavy atom. The molecule has 0 atom stereocenters. The molecule has 0 aliphatic carbocycles. The molecule has 0 aromatic heterocycles. The van der Waals surface area contributed by atoms with E-state index >= 15 is 0 Å². The maximum absolute atomic E-state index is 13.0. The predicted octanol–water partition coefficient (Wildman–Crippen LogP) is 6.37. The summed E-state index contributed by atoms with van der Waals surface area (Å²) in [5.41, 5.74) is 8.02. The molecule has 0 fully saturated rings. The Balaban J connectivity index is 0.000000212. The van der Waals surface area contributed by atoms with Crippen LogP contribution in [0.15, 0.2) is 75.7 Å². The average molecular weight is 470 g/mol. The van der Waals surface area contributed by atoms with E-state index in [2.05, 4.69) is 37.2 Å². The summed E-state index contributed by atoms with van der Waals surface area (Å²) in [6.45, 7) is 0.735. The van der Waals surface area contributed by atoms with Gasteiger partial charge in [0, 0.05) is 22.4 Å². The van der Waals surface area contributed by atoms with E-state index in [0.717, 1.165) is 12.2 Å². The fourth-order valence-electron chi connectivity index (χ4n) is 1.91. The number of hydrogen-bond acceptors (Lipinski definition) is 2. The Morgan fingerprint density at radius 2 is 1.56 bits per heavy atom. The number of nitrogens with one attached hydrogen (secondary N) is 1. The van der Waals surface area contributed by atoms with Crippen molar-refractivity contribution in [1.82, 2.24) is 0 Å². The monoisotopic (exact) mass is 468 g/mol. The lowest BCUT2D eigenvalue weighted by molar-refractivity contribution is 0.621. The highest BCUT2D eigenvalue weighted by Gasteiger charge is 2.00. The maximum Gasteiger partial charge on any atom is 0.137 e. The maximum atomic E-state index is 13.0. The van der Waals surface area contributed by atoms with Crippen molar-refractivity contribution < 1.29 is 8.78 Å². The summed E-state index contributed by atoms with van der Waals surface area (Å²) in [6, 6.07) is 19.1. The van der Waals surface area contributed by atoms with E-state index in [1.165, 1.54) is 29.8 Å². The summed E-state index contributed by atoms with van der Waals surface area (Å²) in [5, 5.41) is 3.23. The van der Waals surface area contributed by atoms with Crippen LogP contribution in [-0.4, -0.2) is 0 Å². The first-order chi connectivity index (χ1) is 12.0. The number of hydrogen-bond donors (Lipinski definition) is 2. The zero-order chi connectivity index (χ0) is 18.2. The molecule has 0 spiro atoms. The second-order valence-corrected chi connectivity index (χ2v) is 6.84. The van der Waals surface area contributed by atoms with Gasteiger partial charge in [0.25, 0.3) is 0 Å². The molecule has 0 heterocycles. The van der Waals surface area contributed by atoms with Gasteiger partial charge in [-0.15, -0.1) is 0 Å². The highest BCUT2D eigenvalue weighted by molar-refractivity contribution is 9.10. The molecule has 3 rings (SSSR count). The zero-order valence-corrected chi connectivity index (χ0v) is 16.3. The van der Waals surface area contributed by atoms with Gasteiger partial charge in [0.2, 0.25) is 0 Å². The van der Waals surface area contributed by atoms with Gasteiger partial charge in [0.15, 0.2) is 0 Å². The van der Waals surface area contributed by atoms with Crippen molar-refractivity contribution >= 4 is 43.2 Å². The van der Waals surface area contributed by atoms with Gasteiger partial charge >= 0.3 is 0 Å². The molecule has 0 bridgehead atoms. The molecule has 0 amide bonds. The van der Waals surface area contributed by atoms with Crippen LogP contribution in [-0.2, 0) is 6.54 Å². The van der Waals surface area contributed by atoms with Gasteiger partial charge in [0.05, 0.1) is 4.47 Å². The summed E-state index contributed by atoms with van der Waals surface area (Å²) in [4.78, 5) is 0. The van der Waals surface area contributed by atoms with Crippen LogP contribution in [0.1, 0.15) is 5.56 Å². The molecule has 3 aromatic carbocycles. The number of halogens is 4. The van der Waals surface area contributed by atoms with Crippen molar-refractivity contribution in [3.05, 3.63) is 92.9 Å². The van der Waals surface area contributed by atoms with Crippen molar-refractivity contribution in [3.63, 3.8) is 0 Å². The molecule has 0 aliphatic heterocycles. The molecule has 130 valence electrons. The standard InChI is InChI=1S/C13H11BrFN.C6H5BrFN/c14-12-8-11(6-7-13(12)15)16-9-10-4-2-1-3-5-10;7-5-3-4(8)1-2-6(5)9/h1-8,16H,9H2;1-3H,9H2. The molecule has 0 radical (unpaired) electrons. The fraction of sp³-hybridized carbons (Fsp3) is 0.0526. The molecule has 3 N–H and O–H groups in total. The van der Waals surface area contributed by atoms with Crippen LogP contribution >= 0.6 is 31.9 Å². The molecule has 2 nitrogen and oxygen atoms in total.